The van der Waals surface area contributed by atoms with E-state index < -0.39 is 6.04 Å². The topological polar surface area (TPSA) is 104 Å². The van der Waals surface area contributed by atoms with Crippen LogP contribution in [0.15, 0.2) is 53.7 Å². The van der Waals surface area contributed by atoms with Crippen molar-refractivity contribution >= 4 is 29.3 Å². The third-order valence-electron chi connectivity index (χ3n) is 4.57. The van der Waals surface area contributed by atoms with E-state index in [0.717, 1.165) is 5.56 Å². The van der Waals surface area contributed by atoms with Gasteiger partial charge in [-0.15, -0.1) is 10.2 Å². The minimum Gasteiger partial charge on any atom is -0.497 e. The van der Waals surface area contributed by atoms with E-state index in [1.807, 2.05) is 37.3 Å². The van der Waals surface area contributed by atoms with Crippen molar-refractivity contribution in [2.45, 2.75) is 30.3 Å². The van der Waals surface area contributed by atoms with Crippen molar-refractivity contribution in [2.75, 3.05) is 25.3 Å². The number of nitrogen functional groups attached to an aromatic ring is 1. The lowest BCUT2D eigenvalue weighted by Crippen LogP contribution is -2.27. The van der Waals surface area contributed by atoms with Gasteiger partial charge in [0.05, 0.1) is 19.9 Å². The third-order valence-corrected chi connectivity index (χ3v) is 5.58. The highest BCUT2D eigenvalue weighted by Gasteiger charge is 2.26. The molecule has 1 amide bonds. The number of nitrogens with zero attached hydrogens (tertiary/aromatic N) is 3. The largest absolute Gasteiger partial charge is 0.497 e. The van der Waals surface area contributed by atoms with E-state index in [1.165, 1.54) is 11.8 Å². The number of hydrogen-bond acceptors (Lipinski definition) is 7. The molecule has 1 atom stereocenters. The van der Waals surface area contributed by atoms with Crippen LogP contribution in [0.2, 0.25) is 0 Å². The monoisotopic (exact) mass is 427 g/mol. The predicted octanol–water partition coefficient (Wildman–Crippen LogP) is 3.76. The summed E-state index contributed by atoms with van der Waals surface area (Å²) in [4.78, 5) is 13.1. The number of rotatable bonds is 9. The zero-order valence-corrected chi connectivity index (χ0v) is 18.0. The maximum atomic E-state index is 13.1. The van der Waals surface area contributed by atoms with Gasteiger partial charge in [-0.1, -0.05) is 49.0 Å². The summed E-state index contributed by atoms with van der Waals surface area (Å²) < 4.78 is 12.3. The van der Waals surface area contributed by atoms with Gasteiger partial charge in [-0.25, -0.2) is 0 Å². The molecule has 2 aromatic carbocycles. The van der Waals surface area contributed by atoms with Gasteiger partial charge < -0.3 is 20.5 Å². The van der Waals surface area contributed by atoms with E-state index in [2.05, 4.69) is 15.5 Å². The molecule has 30 heavy (non-hydrogen) atoms. The molecule has 1 heterocycles. The Kier molecular flexibility index (Phi) is 7.18. The van der Waals surface area contributed by atoms with Crippen molar-refractivity contribution < 1.29 is 14.3 Å². The van der Waals surface area contributed by atoms with Crippen LogP contribution in [-0.4, -0.2) is 34.9 Å². The smallest absolute Gasteiger partial charge is 0.247 e. The summed E-state index contributed by atoms with van der Waals surface area (Å²) in [6.45, 7) is 1.91. The lowest BCUT2D eigenvalue weighted by molar-refractivity contribution is -0.119. The van der Waals surface area contributed by atoms with Crippen molar-refractivity contribution in [1.29, 1.82) is 0 Å². The van der Waals surface area contributed by atoms with Crippen molar-refractivity contribution in [1.82, 2.24) is 14.8 Å². The van der Waals surface area contributed by atoms with Gasteiger partial charge in [-0.3, -0.25) is 9.36 Å². The standard InChI is InChI=1S/C21H25N5O3S/c1-4-17(19(27)23-16-12-15(28-2)10-11-18(16)29-3)26-20(22)24-25-21(26)30-13-14-8-6-5-7-9-14/h5-12,17H,4,13H2,1-3H3,(H2,22,24)(H,23,27). The molecule has 0 aliphatic carbocycles. The van der Waals surface area contributed by atoms with E-state index in [4.69, 9.17) is 15.2 Å². The van der Waals surface area contributed by atoms with Crippen LogP contribution < -0.4 is 20.5 Å². The first-order valence-corrected chi connectivity index (χ1v) is 10.5. The lowest BCUT2D eigenvalue weighted by atomic mass is 10.2. The molecule has 3 aromatic rings. The highest BCUT2D eigenvalue weighted by atomic mass is 32.2. The van der Waals surface area contributed by atoms with Gasteiger partial charge in [-0.2, -0.15) is 0 Å². The molecule has 9 heteroatoms. The number of carbonyl (C=O) groups is 1. The van der Waals surface area contributed by atoms with Gasteiger partial charge in [0.15, 0.2) is 5.16 Å². The summed E-state index contributed by atoms with van der Waals surface area (Å²) >= 11 is 1.49. The number of benzene rings is 2. The first kappa shape index (κ1) is 21.5. The highest BCUT2D eigenvalue weighted by Crippen LogP contribution is 2.32. The van der Waals surface area contributed by atoms with E-state index >= 15 is 0 Å². The molecule has 1 aromatic heterocycles. The minimum absolute atomic E-state index is 0.199. The van der Waals surface area contributed by atoms with E-state index in [1.54, 1.807) is 37.0 Å². The van der Waals surface area contributed by atoms with Crippen molar-refractivity contribution in [3.05, 3.63) is 54.1 Å². The molecular weight excluding hydrogens is 402 g/mol. The normalized spacial score (nSPS) is 11.7. The molecule has 158 valence electrons. The molecule has 0 aliphatic heterocycles. The Morgan fingerprint density at radius 2 is 1.93 bits per heavy atom. The number of aromatic nitrogens is 3. The molecule has 0 saturated heterocycles. The maximum absolute atomic E-state index is 13.1. The van der Waals surface area contributed by atoms with Gasteiger partial charge in [-0.05, 0) is 24.1 Å². The van der Waals surface area contributed by atoms with Crippen LogP contribution in [0.5, 0.6) is 11.5 Å². The number of thioether (sulfide) groups is 1. The molecular formula is C21H25N5O3S. The molecule has 3 N–H and O–H groups in total. The SMILES string of the molecule is CCC(C(=O)Nc1cc(OC)ccc1OC)n1c(N)nnc1SCc1ccccc1. The maximum Gasteiger partial charge on any atom is 0.247 e. The van der Waals surface area contributed by atoms with Crippen LogP contribution in [0.25, 0.3) is 0 Å². The minimum atomic E-state index is -0.575. The van der Waals surface area contributed by atoms with Crippen molar-refractivity contribution in [3.63, 3.8) is 0 Å². The third kappa shape index (κ3) is 4.85. The molecule has 0 radical (unpaired) electrons. The number of methoxy groups -OCH3 is 2. The Hall–Kier alpha value is -3.20. The quantitative estimate of drug-likeness (QED) is 0.501. The highest BCUT2D eigenvalue weighted by molar-refractivity contribution is 7.98. The average molecular weight is 428 g/mol. The van der Waals surface area contributed by atoms with E-state index in [-0.39, 0.29) is 11.9 Å². The number of nitrogens with one attached hydrogen (secondary N) is 1. The van der Waals surface area contributed by atoms with Gasteiger partial charge >= 0.3 is 0 Å². The van der Waals surface area contributed by atoms with E-state index in [9.17, 15) is 4.79 Å². The summed E-state index contributed by atoms with van der Waals surface area (Å²) in [5.74, 6) is 1.81. The zero-order chi connectivity index (χ0) is 21.5. The summed E-state index contributed by atoms with van der Waals surface area (Å²) in [7, 11) is 3.11. The first-order valence-electron chi connectivity index (χ1n) is 9.47. The summed E-state index contributed by atoms with van der Waals surface area (Å²) in [5.41, 5.74) is 7.74. The van der Waals surface area contributed by atoms with Crippen LogP contribution in [-0.2, 0) is 10.5 Å². The second-order valence-corrected chi connectivity index (χ2v) is 7.41. The molecule has 0 aliphatic rings. The van der Waals surface area contributed by atoms with Crippen LogP contribution in [0.4, 0.5) is 11.6 Å². The molecule has 3 rings (SSSR count). The van der Waals surface area contributed by atoms with E-state index in [0.29, 0.717) is 34.5 Å². The molecule has 1 unspecified atom stereocenters. The van der Waals surface area contributed by atoms with Gasteiger partial charge in [0.25, 0.3) is 0 Å². The predicted molar refractivity (Wildman–Crippen MR) is 118 cm³/mol. The Labute approximate surface area is 179 Å². The number of hydrogen-bond donors (Lipinski definition) is 2. The second kappa shape index (κ2) is 10.0. The van der Waals surface area contributed by atoms with Crippen molar-refractivity contribution in [2.24, 2.45) is 0 Å². The second-order valence-electron chi connectivity index (χ2n) is 6.46. The molecule has 0 saturated carbocycles. The molecule has 8 nitrogen and oxygen atoms in total. The lowest BCUT2D eigenvalue weighted by Gasteiger charge is -2.20. The number of ether oxygens (including phenoxy) is 2. The van der Waals surface area contributed by atoms with Crippen LogP contribution in [0.1, 0.15) is 24.9 Å². The Bertz CT molecular complexity index is 994. The molecule has 0 fully saturated rings. The number of anilines is 2. The Morgan fingerprint density at radius 3 is 2.60 bits per heavy atom. The fourth-order valence-electron chi connectivity index (χ4n) is 3.01. The summed E-state index contributed by atoms with van der Waals surface area (Å²) in [6.07, 6.45) is 0.513. The summed E-state index contributed by atoms with van der Waals surface area (Å²) in [6, 6.07) is 14.7. The number of amides is 1. The van der Waals surface area contributed by atoms with Gasteiger partial charge in [0.1, 0.15) is 17.5 Å². The van der Waals surface area contributed by atoms with Crippen LogP contribution in [0, 0.1) is 0 Å². The van der Waals surface area contributed by atoms with Crippen molar-refractivity contribution in [3.8, 4) is 11.5 Å². The Balaban J connectivity index is 1.82. The fraction of sp³-hybridized carbons (Fsp3) is 0.286. The Morgan fingerprint density at radius 1 is 1.17 bits per heavy atom. The number of carbonyl (C=O) groups excluding carboxylic acids is 1. The van der Waals surface area contributed by atoms with Crippen LogP contribution in [0.3, 0.4) is 0 Å². The zero-order valence-electron chi connectivity index (χ0n) is 17.2. The summed E-state index contributed by atoms with van der Waals surface area (Å²) in [5, 5.41) is 11.7. The van der Waals surface area contributed by atoms with Crippen LogP contribution >= 0.6 is 11.8 Å². The molecule has 0 spiro atoms. The van der Waals surface area contributed by atoms with Gasteiger partial charge in [0.2, 0.25) is 11.9 Å². The number of nitrogens with two attached hydrogens (primary N) is 1. The average Bonchev–Trinajstić information content (AvgIpc) is 3.13. The molecule has 0 bridgehead atoms. The fourth-order valence-corrected chi connectivity index (χ4v) is 3.96. The van der Waals surface area contributed by atoms with Gasteiger partial charge in [0, 0.05) is 11.8 Å². The first-order chi connectivity index (χ1) is 14.6.